The van der Waals surface area contributed by atoms with E-state index in [-0.39, 0.29) is 24.6 Å². The number of ether oxygens (including phenoxy) is 8. The molecule has 62 heavy (non-hydrogen) atoms. The predicted octanol–water partition coefficient (Wildman–Crippen LogP) is 11.8. The smallest absolute Gasteiger partial charge is 0.305 e. The molecule has 3 atom stereocenters. The minimum Gasteiger partial charge on any atom is -0.465 e. The summed E-state index contributed by atoms with van der Waals surface area (Å²) in [4.78, 5) is 24.8. The molecular formula is C51H100O11. The van der Waals surface area contributed by atoms with Crippen LogP contribution in [-0.4, -0.2) is 116 Å². The molecule has 0 radical (unpaired) electrons. The van der Waals surface area contributed by atoms with Gasteiger partial charge in [-0.1, -0.05) is 143 Å². The summed E-state index contributed by atoms with van der Waals surface area (Å²) in [6.45, 7) is 15.5. The zero-order chi connectivity index (χ0) is 45.2. The molecule has 0 spiro atoms. The molecule has 11 heteroatoms. The fourth-order valence-corrected chi connectivity index (χ4v) is 7.35. The van der Waals surface area contributed by atoms with Gasteiger partial charge in [0.25, 0.3) is 0 Å². The molecule has 11 nitrogen and oxygen atoms in total. The number of unbranched alkanes of at least 4 members (excludes halogenated alkanes) is 16. The summed E-state index contributed by atoms with van der Waals surface area (Å²) in [5.74, 6) is 0.931. The Hall–Kier alpha value is -1.34. The maximum atomic E-state index is 12.4. The summed E-state index contributed by atoms with van der Waals surface area (Å²) in [6, 6.07) is 0. The highest BCUT2D eigenvalue weighted by atomic mass is 16.6. The standard InChI is InChI=1S/C51H100O11/c1-5-9-13-21-29-47(27-11-7-3)43-61-50(53)31-23-17-15-19-25-34-58-45-49(46-59-42-41-57-40-39-56-38-37-55-36-33-52)60-35-26-20-16-18-24-32-51(54)62-44-48(28-12-8-4)30-22-14-10-6-2/h47-49,52H,5-46H2,1-4H3. The molecule has 0 heterocycles. The van der Waals surface area contributed by atoms with Crippen LogP contribution >= 0.6 is 0 Å². The first-order chi connectivity index (χ1) is 30.5. The number of carbonyl (C=O) groups excluding carboxylic acids is 2. The molecule has 0 aromatic heterocycles. The van der Waals surface area contributed by atoms with E-state index >= 15 is 0 Å². The summed E-state index contributed by atoms with van der Waals surface area (Å²) in [6.07, 6.45) is 30.5. The van der Waals surface area contributed by atoms with Crippen LogP contribution in [0.1, 0.15) is 207 Å². The first-order valence-corrected chi connectivity index (χ1v) is 25.9. The molecule has 0 aromatic rings. The van der Waals surface area contributed by atoms with Crippen LogP contribution in [0.4, 0.5) is 0 Å². The van der Waals surface area contributed by atoms with Gasteiger partial charge in [0.15, 0.2) is 0 Å². The van der Waals surface area contributed by atoms with Gasteiger partial charge in [-0.05, 0) is 63.2 Å². The van der Waals surface area contributed by atoms with Crippen molar-refractivity contribution >= 4 is 11.9 Å². The third-order valence-corrected chi connectivity index (χ3v) is 11.3. The van der Waals surface area contributed by atoms with Gasteiger partial charge < -0.3 is 43.0 Å². The minimum absolute atomic E-state index is 0.0156. The van der Waals surface area contributed by atoms with Gasteiger partial charge in [-0.2, -0.15) is 0 Å². The SMILES string of the molecule is CCCCCCC(CCCC)COC(=O)CCCCCCCOCC(COCCOCCOCCOCCO)OCCCCCCCC(=O)OCC(CCCC)CCCCCC. The predicted molar refractivity (Wildman–Crippen MR) is 252 cm³/mol. The number of hydrogen-bond acceptors (Lipinski definition) is 11. The van der Waals surface area contributed by atoms with E-state index in [1.165, 1.54) is 89.9 Å². The number of rotatable bonds is 52. The van der Waals surface area contributed by atoms with Gasteiger partial charge >= 0.3 is 11.9 Å². The van der Waals surface area contributed by atoms with Crippen molar-refractivity contribution in [3.8, 4) is 0 Å². The minimum atomic E-state index is -0.149. The molecule has 0 aliphatic heterocycles. The molecule has 1 N–H and O–H groups in total. The highest BCUT2D eigenvalue weighted by Crippen LogP contribution is 2.20. The summed E-state index contributed by atoms with van der Waals surface area (Å²) < 4.78 is 45.8. The number of hydrogen-bond donors (Lipinski definition) is 1. The second-order valence-electron chi connectivity index (χ2n) is 17.3. The largest absolute Gasteiger partial charge is 0.465 e. The zero-order valence-corrected chi connectivity index (χ0v) is 41.0. The molecule has 0 rings (SSSR count). The number of esters is 2. The molecule has 0 aliphatic carbocycles. The molecule has 0 fully saturated rings. The van der Waals surface area contributed by atoms with E-state index in [4.69, 9.17) is 43.0 Å². The fraction of sp³-hybridized carbons (Fsp3) is 0.961. The van der Waals surface area contributed by atoms with Crippen molar-refractivity contribution < 1.29 is 52.6 Å². The molecule has 370 valence electrons. The highest BCUT2D eigenvalue weighted by Gasteiger charge is 2.14. The van der Waals surface area contributed by atoms with Gasteiger partial charge in [-0.3, -0.25) is 9.59 Å². The van der Waals surface area contributed by atoms with Crippen molar-refractivity contribution in [3.63, 3.8) is 0 Å². The Morgan fingerprint density at radius 2 is 0.742 bits per heavy atom. The number of aliphatic hydroxyl groups excluding tert-OH is 1. The van der Waals surface area contributed by atoms with E-state index in [1.54, 1.807) is 0 Å². The van der Waals surface area contributed by atoms with Gasteiger partial charge in [0.2, 0.25) is 0 Å². The maximum absolute atomic E-state index is 12.4. The van der Waals surface area contributed by atoms with Crippen LogP contribution in [0.2, 0.25) is 0 Å². The quantitative estimate of drug-likeness (QED) is 0.0463. The maximum Gasteiger partial charge on any atom is 0.305 e. The Bertz CT molecular complexity index is 907. The van der Waals surface area contributed by atoms with Crippen LogP contribution in [0, 0.1) is 11.8 Å². The molecule has 0 saturated heterocycles. The van der Waals surface area contributed by atoms with E-state index in [0.717, 1.165) is 77.0 Å². The zero-order valence-electron chi connectivity index (χ0n) is 41.0. The van der Waals surface area contributed by atoms with Crippen molar-refractivity contribution in [2.24, 2.45) is 11.8 Å². The van der Waals surface area contributed by atoms with Crippen LogP contribution in [-0.2, 0) is 47.5 Å². The molecule has 3 unspecified atom stereocenters. The normalized spacial score (nSPS) is 13.0. The van der Waals surface area contributed by atoms with E-state index in [2.05, 4.69) is 27.7 Å². The monoisotopic (exact) mass is 889 g/mol. The van der Waals surface area contributed by atoms with Gasteiger partial charge in [0, 0.05) is 26.1 Å². The van der Waals surface area contributed by atoms with E-state index in [0.29, 0.717) is 111 Å². The summed E-state index contributed by atoms with van der Waals surface area (Å²) in [7, 11) is 0. The highest BCUT2D eigenvalue weighted by molar-refractivity contribution is 5.69. The molecule has 0 amide bonds. The van der Waals surface area contributed by atoms with Gasteiger partial charge in [0.05, 0.1) is 79.3 Å². The van der Waals surface area contributed by atoms with Crippen LogP contribution in [0.5, 0.6) is 0 Å². The van der Waals surface area contributed by atoms with Crippen molar-refractivity contribution in [1.29, 1.82) is 0 Å². The average Bonchev–Trinajstić information content (AvgIpc) is 3.28. The lowest BCUT2D eigenvalue weighted by molar-refractivity contribution is -0.146. The Kier molecular flexibility index (Phi) is 49.6. The number of aliphatic hydroxyl groups is 1. The summed E-state index contributed by atoms with van der Waals surface area (Å²) >= 11 is 0. The third kappa shape index (κ3) is 45.2. The Morgan fingerprint density at radius 1 is 0.371 bits per heavy atom. The van der Waals surface area contributed by atoms with E-state index in [1.807, 2.05) is 0 Å². The first kappa shape index (κ1) is 60.7. The van der Waals surface area contributed by atoms with Gasteiger partial charge in [0.1, 0.15) is 6.10 Å². The molecule has 0 aromatic carbocycles. The number of carbonyl (C=O) groups is 2. The molecular weight excluding hydrogens is 789 g/mol. The molecule has 0 saturated carbocycles. The lowest BCUT2D eigenvalue weighted by Gasteiger charge is -2.18. The Labute approximate surface area is 381 Å². The second kappa shape index (κ2) is 50.7. The lowest BCUT2D eigenvalue weighted by Crippen LogP contribution is -2.27. The van der Waals surface area contributed by atoms with Crippen molar-refractivity contribution in [1.82, 2.24) is 0 Å². The van der Waals surface area contributed by atoms with Crippen LogP contribution in [0.25, 0.3) is 0 Å². The summed E-state index contributed by atoms with van der Waals surface area (Å²) in [5, 5.41) is 8.74. The first-order valence-electron chi connectivity index (χ1n) is 25.9. The van der Waals surface area contributed by atoms with E-state index < -0.39 is 0 Å². The fourth-order valence-electron chi connectivity index (χ4n) is 7.35. The van der Waals surface area contributed by atoms with Gasteiger partial charge in [-0.25, -0.2) is 0 Å². The van der Waals surface area contributed by atoms with Crippen LogP contribution in [0.15, 0.2) is 0 Å². The Balaban J connectivity index is 4.35. The Morgan fingerprint density at radius 3 is 1.21 bits per heavy atom. The van der Waals surface area contributed by atoms with Crippen molar-refractivity contribution in [2.75, 3.05) is 92.5 Å². The van der Waals surface area contributed by atoms with Crippen LogP contribution < -0.4 is 0 Å². The van der Waals surface area contributed by atoms with Crippen LogP contribution in [0.3, 0.4) is 0 Å². The lowest BCUT2D eigenvalue weighted by atomic mass is 9.96. The summed E-state index contributed by atoms with van der Waals surface area (Å²) in [5.41, 5.74) is 0. The van der Waals surface area contributed by atoms with Gasteiger partial charge in [-0.15, -0.1) is 0 Å². The molecule has 0 aliphatic rings. The second-order valence-corrected chi connectivity index (χ2v) is 17.3. The van der Waals surface area contributed by atoms with Crippen molar-refractivity contribution in [2.45, 2.75) is 214 Å². The third-order valence-electron chi connectivity index (χ3n) is 11.3. The topological polar surface area (TPSA) is 128 Å². The average molecular weight is 889 g/mol. The molecule has 0 bridgehead atoms. The van der Waals surface area contributed by atoms with Crippen molar-refractivity contribution in [3.05, 3.63) is 0 Å². The van der Waals surface area contributed by atoms with E-state index in [9.17, 15) is 9.59 Å².